The van der Waals surface area contributed by atoms with Gasteiger partial charge in [0, 0.05) is 241 Å². The number of fused-ring (bicyclic) bond motifs is 5. The van der Waals surface area contributed by atoms with Crippen molar-refractivity contribution >= 4 is 113 Å². The lowest BCUT2D eigenvalue weighted by Gasteiger charge is -2.12. The summed E-state index contributed by atoms with van der Waals surface area (Å²) in [6.45, 7) is 24.5. The Balaban J connectivity index is 0.000000134. The fraction of sp³-hybridized carbons (Fsp3) is 0.103. The minimum atomic E-state index is -0.653. The topological polar surface area (TPSA) is 384 Å². The highest BCUT2D eigenvalue weighted by atomic mass is 19.1. The van der Waals surface area contributed by atoms with Crippen molar-refractivity contribution in [1.29, 1.82) is 0 Å². The lowest BCUT2D eigenvalue weighted by Crippen LogP contribution is -2.16. The SMILES string of the molecule is C=C(COC)C(=O)Nc1cc(OC)cc(-c2cnc3[nH]cc(-c4ccnc(C)c4)c3c2)c1.C=CC(=O)Nc1cc(-c2cnc3[nH]cc(-c4ccnc(C)c4)c3c2)cc(OC)c1F.C=CC(=O)Nc1cc(-c2cnc3[nH]cc(-c4ccnc(C)c4)c3c2)ccc1F.C=CC(=O)Nc1cc(-c2cnc3[nH]cc(-c4ccnc(C)c4)c3c2)ccc1F.Cc1cc(-c2c[nH]c3ncc(-c4ccc(F)c(NC(=O)/C=C/CN(C)C)c4)cc23)ccn1. The molecule has 150 heavy (non-hydrogen) atoms. The largest absolute Gasteiger partial charge is 0.497 e. The zero-order chi connectivity index (χ0) is 106. The van der Waals surface area contributed by atoms with E-state index in [1.54, 1.807) is 130 Å². The van der Waals surface area contributed by atoms with Gasteiger partial charge >= 0.3 is 0 Å². The monoisotopic (exact) mass is 2000 g/mol. The molecule has 5 aromatic carbocycles. The van der Waals surface area contributed by atoms with Crippen LogP contribution in [0.5, 0.6) is 11.5 Å². The zero-order valence-electron chi connectivity index (χ0n) is 83.2. The van der Waals surface area contributed by atoms with Crippen molar-refractivity contribution in [2.24, 2.45) is 0 Å². The molecule has 33 heteroatoms. The van der Waals surface area contributed by atoms with Gasteiger partial charge in [-0.25, -0.2) is 42.5 Å². The van der Waals surface area contributed by atoms with Gasteiger partial charge in [0.15, 0.2) is 11.6 Å². The molecule has 0 bridgehead atoms. The Morgan fingerprint density at radius 3 is 0.947 bits per heavy atom. The molecule has 0 radical (unpaired) electrons. The van der Waals surface area contributed by atoms with Crippen molar-refractivity contribution in [2.75, 3.05) is 75.2 Å². The van der Waals surface area contributed by atoms with Crippen LogP contribution in [0.4, 0.5) is 46.0 Å². The van der Waals surface area contributed by atoms with Gasteiger partial charge < -0.3 is 70.6 Å². The van der Waals surface area contributed by atoms with Gasteiger partial charge in [-0.3, -0.25) is 48.9 Å². The minimum Gasteiger partial charge on any atom is -0.497 e. The summed E-state index contributed by atoms with van der Waals surface area (Å²) in [5.74, 6) is -3.66. The van der Waals surface area contributed by atoms with E-state index in [4.69, 9.17) is 14.2 Å². The Morgan fingerprint density at radius 2 is 0.647 bits per heavy atom. The van der Waals surface area contributed by atoms with Crippen molar-refractivity contribution in [1.82, 2.24) is 79.7 Å². The van der Waals surface area contributed by atoms with E-state index in [1.165, 1.54) is 38.5 Å². The number of likely N-dealkylation sites (N-methyl/N-ethyl adjacent to an activating group) is 1. The number of aromatic amines is 5. The first kappa shape index (κ1) is 103. The lowest BCUT2D eigenvalue weighted by atomic mass is 10.0. The average molecular weight is 2010 g/mol. The molecule has 15 aromatic heterocycles. The summed E-state index contributed by atoms with van der Waals surface area (Å²) >= 11 is 0. The molecule has 20 rings (SSSR count). The van der Waals surface area contributed by atoms with Crippen LogP contribution in [-0.4, -0.2) is 158 Å². The fourth-order valence-corrected chi connectivity index (χ4v) is 16.5. The van der Waals surface area contributed by atoms with E-state index in [0.717, 1.165) is 208 Å². The maximum atomic E-state index is 14.6. The Bertz CT molecular complexity index is 8430. The molecule has 0 saturated heterocycles. The Morgan fingerprint density at radius 1 is 0.340 bits per heavy atom. The fourth-order valence-electron chi connectivity index (χ4n) is 16.5. The molecule has 0 unspecified atom stereocenters. The number of pyridine rings is 10. The number of carbonyl (C=O) groups excluding carboxylic acids is 5. The second-order valence-corrected chi connectivity index (χ2v) is 34.8. The zero-order valence-corrected chi connectivity index (χ0v) is 83.2. The van der Waals surface area contributed by atoms with Gasteiger partial charge in [-0.2, -0.15) is 0 Å². The van der Waals surface area contributed by atoms with Gasteiger partial charge in [-0.05, 0) is 274 Å². The molecule has 29 nitrogen and oxygen atoms in total. The molecule has 20 aromatic rings. The number of amides is 5. The van der Waals surface area contributed by atoms with Crippen molar-refractivity contribution in [2.45, 2.75) is 34.6 Å². The maximum Gasteiger partial charge on any atom is 0.253 e. The first-order valence-electron chi connectivity index (χ1n) is 46.9. The Hall–Kier alpha value is -19.4. The molecule has 0 fully saturated rings. The van der Waals surface area contributed by atoms with Gasteiger partial charge in [-0.15, -0.1) is 0 Å². The first-order chi connectivity index (χ1) is 72.5. The van der Waals surface area contributed by atoms with Crippen LogP contribution in [0.1, 0.15) is 28.5 Å². The standard InChI is InChI=1S/C25H24FN5O.C25H24N4O3.C23H19FN4O2.2C22H17FN4O/c1-16-11-18(8-9-27-16)21-15-29-25-20(21)12-19(14-28-25)17-6-7-22(26)23(13-17)30-24(32)5-4-10-31(2)3;1-15(14-31-3)25(30)29-20-8-18(9-21(11-20)32-4)19-10-22-23(13-28-24(22)27-12-19)17-5-6-26-16(2)7-17;1-4-21(29)28-19-9-15(10-20(30-3)22(19)24)16-8-17-18(12-27-23(17)26-11-16)14-5-6-25-13(2)7-14;2*1-3-21(28)27-20-10-14(4-5-19(20)23)16-9-17-18(12-26-22(17)25-11-16)15-6-7-24-13(2)8-15/h4-9,11-15H,10H2,1-3H3,(H,28,29)(H,30,32);5-13H,1,14H2,2-4H3,(H,27,28)(H,29,30);4-12H,1H2,2-3H3,(H,26,27)(H,28,29);2*3-12H,1H2,2H3,(H,25,26)(H,27,28)/b5-4+;;;;. The van der Waals surface area contributed by atoms with Crippen LogP contribution in [0, 0.1) is 57.9 Å². The summed E-state index contributed by atoms with van der Waals surface area (Å²) in [7, 11) is 8.29. The van der Waals surface area contributed by atoms with Gasteiger partial charge in [0.1, 0.15) is 51.4 Å². The number of nitrogens with one attached hydrogen (secondary N) is 10. The van der Waals surface area contributed by atoms with Gasteiger partial charge in [0.25, 0.3) is 5.91 Å². The van der Waals surface area contributed by atoms with Crippen LogP contribution in [0.3, 0.4) is 0 Å². The number of anilines is 5. The second-order valence-electron chi connectivity index (χ2n) is 34.8. The predicted molar refractivity (Wildman–Crippen MR) is 583 cm³/mol. The average Bonchev–Trinajstić information content (AvgIpc) is 1.62. The third kappa shape index (κ3) is 24.8. The van der Waals surface area contributed by atoms with E-state index < -0.39 is 41.0 Å². The first-order valence-corrected chi connectivity index (χ1v) is 46.9. The number of ether oxygens (including phenoxy) is 3. The van der Waals surface area contributed by atoms with Crippen LogP contribution < -0.4 is 36.1 Å². The quantitative estimate of drug-likeness (QED) is 0.0178. The second kappa shape index (κ2) is 47.0. The van der Waals surface area contributed by atoms with Crippen LogP contribution in [0.15, 0.2) is 331 Å². The summed E-state index contributed by atoms with van der Waals surface area (Å²) in [6.07, 6.45) is 33.5. The number of halogens is 4. The number of rotatable bonds is 26. The summed E-state index contributed by atoms with van der Waals surface area (Å²) in [6, 6.07) is 52.4. The molecule has 750 valence electrons. The number of aromatic nitrogens is 15. The third-order valence-electron chi connectivity index (χ3n) is 23.9. The lowest BCUT2D eigenvalue weighted by molar-refractivity contribution is -0.113. The van der Waals surface area contributed by atoms with Crippen LogP contribution in [0.25, 0.3) is 166 Å². The number of methoxy groups -OCH3 is 3. The Labute approximate surface area is 859 Å². The predicted octanol–water partition coefficient (Wildman–Crippen LogP) is 24.1. The molecule has 5 amide bonds. The molecule has 0 aliphatic carbocycles. The van der Waals surface area contributed by atoms with Gasteiger partial charge in [0.2, 0.25) is 23.6 Å². The van der Waals surface area contributed by atoms with Crippen molar-refractivity contribution in [3.05, 3.63) is 383 Å². The summed E-state index contributed by atoms with van der Waals surface area (Å²) in [5, 5.41) is 17.7. The molecule has 0 aliphatic rings. The molecular weight excluding hydrogens is 1900 g/mol. The van der Waals surface area contributed by atoms with Crippen LogP contribution >= 0.6 is 0 Å². The minimum absolute atomic E-state index is 0.00778. The number of aryl methyl sites for hydroxylation is 5. The number of nitrogens with zero attached hydrogens (tertiary/aromatic N) is 11. The molecule has 15 heterocycles. The highest BCUT2D eigenvalue weighted by molar-refractivity contribution is 6.07. The molecule has 0 saturated carbocycles. The summed E-state index contributed by atoms with van der Waals surface area (Å²) in [5.41, 5.74) is 27.9. The smallest absolute Gasteiger partial charge is 0.253 e. The molecular formula is C117H101F4N21O8. The van der Waals surface area contributed by atoms with Crippen LogP contribution in [0.2, 0.25) is 0 Å². The van der Waals surface area contributed by atoms with Crippen molar-refractivity contribution < 1.29 is 55.7 Å². The molecule has 0 aliphatic heterocycles. The van der Waals surface area contributed by atoms with Crippen molar-refractivity contribution in [3.8, 4) is 123 Å². The van der Waals surface area contributed by atoms with Crippen molar-refractivity contribution in [3.63, 3.8) is 0 Å². The highest BCUT2D eigenvalue weighted by Gasteiger charge is 2.23. The number of H-pyrrole nitrogens is 5. The molecule has 10 N–H and O–H groups in total. The van der Waals surface area contributed by atoms with Crippen LogP contribution in [-0.2, 0) is 28.7 Å². The molecule has 0 spiro atoms. The summed E-state index contributed by atoms with van der Waals surface area (Å²) in [4.78, 5) is 121. The normalized spacial score (nSPS) is 11.0. The van der Waals surface area contributed by atoms with E-state index in [2.05, 4.69) is 134 Å². The van der Waals surface area contributed by atoms with E-state index >= 15 is 0 Å². The third-order valence-corrected chi connectivity index (χ3v) is 23.9. The van der Waals surface area contributed by atoms with E-state index in [1.807, 2.05) is 182 Å². The number of hydrogen-bond donors (Lipinski definition) is 10. The van der Waals surface area contributed by atoms with E-state index in [9.17, 15) is 41.5 Å². The highest BCUT2D eigenvalue weighted by Crippen LogP contribution is 2.42. The maximum absolute atomic E-state index is 14.6. The number of carbonyl (C=O) groups is 5. The number of benzene rings is 5. The Kier molecular flexibility index (Phi) is 32.4. The summed E-state index contributed by atoms with van der Waals surface area (Å²) < 4.78 is 72.6. The van der Waals surface area contributed by atoms with Gasteiger partial charge in [-0.1, -0.05) is 50.6 Å². The van der Waals surface area contributed by atoms with E-state index in [-0.39, 0.29) is 46.9 Å². The number of hydrogen-bond acceptors (Lipinski definition) is 19. The van der Waals surface area contributed by atoms with E-state index in [0.29, 0.717) is 29.1 Å². The van der Waals surface area contributed by atoms with Gasteiger partial charge in [0.05, 0.1) is 43.6 Å². The molecule has 0 atom stereocenters.